The van der Waals surface area contributed by atoms with E-state index < -0.39 is 29.4 Å². The molecular weight excluding hydrogens is 374 g/mol. The number of likely N-dealkylation sites (tertiary alicyclic amines) is 2. The van der Waals surface area contributed by atoms with E-state index in [1.165, 1.54) is 9.80 Å². The Balaban J connectivity index is 1.52. The molecule has 1 atom stereocenters. The Morgan fingerprint density at radius 2 is 1.79 bits per heavy atom. The van der Waals surface area contributed by atoms with E-state index >= 15 is 0 Å². The number of amides is 3. The molecule has 1 N–H and O–H groups in total. The summed E-state index contributed by atoms with van der Waals surface area (Å²) >= 11 is 0. The van der Waals surface area contributed by atoms with Crippen LogP contribution in [0.1, 0.15) is 39.2 Å². The molecule has 0 radical (unpaired) electrons. The average Bonchev–Trinajstić information content (AvgIpc) is 2.96. The van der Waals surface area contributed by atoms with Crippen molar-refractivity contribution in [3.63, 3.8) is 0 Å². The Hall–Kier alpha value is -2.90. The molecule has 29 heavy (non-hydrogen) atoms. The summed E-state index contributed by atoms with van der Waals surface area (Å²) in [6, 6.07) is 8.34. The Kier molecular flexibility index (Phi) is 5.91. The molecule has 0 bridgehead atoms. The van der Waals surface area contributed by atoms with Crippen LogP contribution in [0.25, 0.3) is 0 Å². The van der Waals surface area contributed by atoms with E-state index in [0.29, 0.717) is 26.1 Å². The molecule has 0 spiro atoms. The van der Waals surface area contributed by atoms with Crippen LogP contribution in [0.5, 0.6) is 0 Å². The zero-order chi connectivity index (χ0) is 21.2. The van der Waals surface area contributed by atoms with Crippen LogP contribution in [0.2, 0.25) is 0 Å². The molecule has 2 saturated heterocycles. The van der Waals surface area contributed by atoms with Gasteiger partial charge in [0.1, 0.15) is 11.6 Å². The number of ketones is 1. The van der Waals surface area contributed by atoms with Crippen molar-refractivity contribution in [3.8, 4) is 0 Å². The highest BCUT2D eigenvalue weighted by molar-refractivity contribution is 6.38. The highest BCUT2D eigenvalue weighted by Crippen LogP contribution is 2.23. The number of Topliss-reactive ketones (excluding diaryl/α,β-unsaturated/α-hetero) is 1. The second-order valence-corrected chi connectivity index (χ2v) is 8.48. The van der Waals surface area contributed by atoms with Crippen LogP contribution < -0.4 is 5.32 Å². The molecular formula is C21H27N3O5. The van der Waals surface area contributed by atoms with Gasteiger partial charge in [0.25, 0.3) is 5.91 Å². The maximum atomic E-state index is 12.7. The second-order valence-electron chi connectivity index (χ2n) is 8.48. The average molecular weight is 401 g/mol. The van der Waals surface area contributed by atoms with Crippen molar-refractivity contribution < 1.29 is 23.9 Å². The molecule has 2 fully saturated rings. The van der Waals surface area contributed by atoms with Crippen molar-refractivity contribution in [2.45, 2.75) is 57.8 Å². The van der Waals surface area contributed by atoms with Gasteiger partial charge < -0.3 is 19.9 Å². The Bertz CT molecular complexity index is 796. The Labute approximate surface area is 170 Å². The van der Waals surface area contributed by atoms with Crippen LogP contribution in [0, 0.1) is 0 Å². The van der Waals surface area contributed by atoms with Gasteiger partial charge in [-0.05, 0) is 32.8 Å². The van der Waals surface area contributed by atoms with E-state index in [9.17, 15) is 19.2 Å². The Morgan fingerprint density at radius 3 is 2.41 bits per heavy atom. The third-order valence-corrected chi connectivity index (χ3v) is 4.92. The van der Waals surface area contributed by atoms with Crippen LogP contribution in [-0.2, 0) is 25.7 Å². The zero-order valence-electron chi connectivity index (χ0n) is 17.0. The van der Waals surface area contributed by atoms with E-state index in [1.54, 1.807) is 20.8 Å². The van der Waals surface area contributed by atoms with Gasteiger partial charge >= 0.3 is 6.09 Å². The molecule has 3 amide bonds. The molecule has 0 saturated carbocycles. The molecule has 3 rings (SSSR count). The first-order chi connectivity index (χ1) is 13.6. The third kappa shape index (κ3) is 5.13. The van der Waals surface area contributed by atoms with Crippen LogP contribution >= 0.6 is 0 Å². The standard InChI is InChI=1S/C21H27N3O5/c1-21(2,3)29-20(28)23-12-15(13-23)22-19(27)18(26)16-9-10-17(25)24(16)11-14-7-5-4-6-8-14/h4-8,15-16H,9-13H2,1-3H3,(H,22,27)/t16-/m1/s1. The van der Waals surface area contributed by atoms with E-state index in [1.807, 2.05) is 30.3 Å². The largest absolute Gasteiger partial charge is 0.444 e. The van der Waals surface area contributed by atoms with Gasteiger partial charge in [0, 0.05) is 26.1 Å². The smallest absolute Gasteiger partial charge is 0.410 e. The summed E-state index contributed by atoms with van der Waals surface area (Å²) in [5.41, 5.74) is 0.325. The number of carbonyl (C=O) groups is 4. The second kappa shape index (κ2) is 8.23. The predicted molar refractivity (Wildman–Crippen MR) is 105 cm³/mol. The van der Waals surface area contributed by atoms with E-state index in [0.717, 1.165) is 5.56 Å². The topological polar surface area (TPSA) is 96.0 Å². The molecule has 0 aliphatic carbocycles. The summed E-state index contributed by atoms with van der Waals surface area (Å²) in [6.45, 7) is 6.25. The lowest BCUT2D eigenvalue weighted by Gasteiger charge is -2.40. The maximum Gasteiger partial charge on any atom is 0.410 e. The lowest BCUT2D eigenvalue weighted by Crippen LogP contribution is -2.63. The summed E-state index contributed by atoms with van der Waals surface area (Å²) in [7, 11) is 0. The molecule has 2 aliphatic heterocycles. The molecule has 0 aromatic heterocycles. The number of nitrogens with one attached hydrogen (secondary N) is 1. The van der Waals surface area contributed by atoms with Gasteiger partial charge in [-0.25, -0.2) is 4.79 Å². The number of hydrogen-bond donors (Lipinski definition) is 1. The fourth-order valence-corrected chi connectivity index (χ4v) is 3.44. The van der Waals surface area contributed by atoms with Gasteiger partial charge in [-0.1, -0.05) is 30.3 Å². The fourth-order valence-electron chi connectivity index (χ4n) is 3.44. The van der Waals surface area contributed by atoms with Crippen LogP contribution in [-0.4, -0.2) is 64.3 Å². The number of carbonyl (C=O) groups excluding carboxylic acids is 4. The first kappa shape index (κ1) is 20.8. The van der Waals surface area contributed by atoms with Gasteiger partial charge in [-0.3, -0.25) is 14.4 Å². The van der Waals surface area contributed by atoms with Crippen LogP contribution in [0.15, 0.2) is 30.3 Å². The number of ether oxygens (including phenoxy) is 1. The monoisotopic (exact) mass is 401 g/mol. The SMILES string of the molecule is CC(C)(C)OC(=O)N1CC(NC(=O)C(=O)[C@H]2CCC(=O)N2Cc2ccccc2)C1. The highest BCUT2D eigenvalue weighted by atomic mass is 16.6. The van der Waals surface area contributed by atoms with Crippen molar-refractivity contribution in [2.75, 3.05) is 13.1 Å². The lowest BCUT2D eigenvalue weighted by atomic mass is 10.1. The van der Waals surface area contributed by atoms with Crippen molar-refractivity contribution in [2.24, 2.45) is 0 Å². The van der Waals surface area contributed by atoms with E-state index in [2.05, 4.69) is 5.32 Å². The molecule has 1 aromatic carbocycles. The van der Waals surface area contributed by atoms with Crippen LogP contribution in [0.4, 0.5) is 4.79 Å². The van der Waals surface area contributed by atoms with Crippen molar-refractivity contribution in [1.29, 1.82) is 0 Å². The molecule has 8 nitrogen and oxygen atoms in total. The van der Waals surface area contributed by atoms with Crippen molar-refractivity contribution in [3.05, 3.63) is 35.9 Å². The minimum Gasteiger partial charge on any atom is -0.444 e. The normalized spacial score (nSPS) is 19.7. The molecule has 8 heteroatoms. The highest BCUT2D eigenvalue weighted by Gasteiger charge is 2.41. The van der Waals surface area contributed by atoms with Crippen LogP contribution in [0.3, 0.4) is 0 Å². The molecule has 2 heterocycles. The summed E-state index contributed by atoms with van der Waals surface area (Å²) in [5.74, 6) is -1.45. The maximum absolute atomic E-state index is 12.7. The number of benzene rings is 1. The van der Waals surface area contributed by atoms with Gasteiger partial charge in [0.15, 0.2) is 0 Å². The lowest BCUT2D eigenvalue weighted by molar-refractivity contribution is -0.143. The number of rotatable bonds is 5. The molecule has 2 aliphatic rings. The predicted octanol–water partition coefficient (Wildman–Crippen LogP) is 1.48. The quantitative estimate of drug-likeness (QED) is 0.754. The van der Waals surface area contributed by atoms with Gasteiger partial charge in [-0.2, -0.15) is 0 Å². The molecule has 1 aromatic rings. The minimum atomic E-state index is -0.746. The first-order valence-corrected chi connectivity index (χ1v) is 9.80. The zero-order valence-corrected chi connectivity index (χ0v) is 17.0. The fraction of sp³-hybridized carbons (Fsp3) is 0.524. The summed E-state index contributed by atoms with van der Waals surface area (Å²) in [5, 5.41) is 2.66. The van der Waals surface area contributed by atoms with Gasteiger partial charge in [-0.15, -0.1) is 0 Å². The third-order valence-electron chi connectivity index (χ3n) is 4.92. The molecule has 156 valence electrons. The number of hydrogen-bond acceptors (Lipinski definition) is 5. The summed E-state index contributed by atoms with van der Waals surface area (Å²) < 4.78 is 5.27. The van der Waals surface area contributed by atoms with Crippen molar-refractivity contribution in [1.82, 2.24) is 15.1 Å². The summed E-state index contributed by atoms with van der Waals surface area (Å²) in [6.07, 6.45) is 0.156. The number of nitrogens with zero attached hydrogens (tertiary/aromatic N) is 2. The molecule has 0 unspecified atom stereocenters. The first-order valence-electron chi connectivity index (χ1n) is 9.80. The van der Waals surface area contributed by atoms with E-state index in [-0.39, 0.29) is 18.4 Å². The Morgan fingerprint density at radius 1 is 1.14 bits per heavy atom. The van der Waals surface area contributed by atoms with Gasteiger partial charge in [0.2, 0.25) is 11.7 Å². The summed E-state index contributed by atoms with van der Waals surface area (Å²) in [4.78, 5) is 52.2. The minimum absolute atomic E-state index is 0.125. The van der Waals surface area contributed by atoms with Gasteiger partial charge in [0.05, 0.1) is 6.04 Å². The van der Waals surface area contributed by atoms with E-state index in [4.69, 9.17) is 4.74 Å². The van der Waals surface area contributed by atoms with Crippen molar-refractivity contribution >= 4 is 23.7 Å².